The molecule has 1 atom stereocenters. The molecule has 2 N–H and O–H groups in total. The number of carbonyl (C=O) groups excluding carboxylic acids is 2. The van der Waals surface area contributed by atoms with Gasteiger partial charge in [0, 0.05) is 31.6 Å². The van der Waals surface area contributed by atoms with Gasteiger partial charge in [-0.25, -0.2) is 9.78 Å². The molecule has 7 nitrogen and oxygen atoms in total. The quantitative estimate of drug-likeness (QED) is 0.594. The van der Waals surface area contributed by atoms with E-state index in [4.69, 9.17) is 9.72 Å². The molecular weight excluding hydrogens is 388 g/mol. The van der Waals surface area contributed by atoms with Gasteiger partial charge in [0.1, 0.15) is 5.60 Å². The zero-order valence-electron chi connectivity index (χ0n) is 18.3. The fraction of sp³-hybridized carbons (Fsp3) is 0.762. The van der Waals surface area contributed by atoms with Crippen LogP contribution in [0.25, 0.3) is 0 Å². The maximum Gasteiger partial charge on any atom is 0.407 e. The monoisotopic (exact) mass is 424 g/mol. The molecule has 2 amide bonds. The highest BCUT2D eigenvalue weighted by molar-refractivity contribution is 7.09. The average Bonchev–Trinajstić information content (AvgIpc) is 3.09. The molecule has 1 aliphatic heterocycles. The molecule has 0 aromatic carbocycles. The van der Waals surface area contributed by atoms with Crippen LogP contribution in [0.1, 0.15) is 64.1 Å². The second-order valence-corrected chi connectivity index (χ2v) is 9.57. The van der Waals surface area contributed by atoms with Crippen molar-refractivity contribution in [1.82, 2.24) is 20.5 Å². The van der Waals surface area contributed by atoms with E-state index in [0.717, 1.165) is 44.6 Å². The van der Waals surface area contributed by atoms with Crippen LogP contribution in [0, 0.1) is 5.92 Å². The van der Waals surface area contributed by atoms with E-state index in [2.05, 4.69) is 27.8 Å². The van der Waals surface area contributed by atoms with Gasteiger partial charge in [-0.2, -0.15) is 0 Å². The third-order valence-electron chi connectivity index (χ3n) is 4.70. The number of rotatable bonds is 9. The van der Waals surface area contributed by atoms with Crippen LogP contribution in [0.4, 0.5) is 4.79 Å². The normalized spacial score (nSPS) is 17.7. The van der Waals surface area contributed by atoms with Crippen LogP contribution >= 0.6 is 11.3 Å². The van der Waals surface area contributed by atoms with E-state index in [1.54, 1.807) is 11.3 Å². The van der Waals surface area contributed by atoms with Gasteiger partial charge in [0.15, 0.2) is 0 Å². The first-order valence-electron chi connectivity index (χ1n) is 10.7. The van der Waals surface area contributed by atoms with Gasteiger partial charge in [-0.1, -0.05) is 13.3 Å². The summed E-state index contributed by atoms with van der Waals surface area (Å²) in [6, 6.07) is 0. The first kappa shape index (κ1) is 23.6. The number of thiazole rings is 1. The molecule has 0 radical (unpaired) electrons. The highest BCUT2D eigenvalue weighted by Crippen LogP contribution is 2.20. The summed E-state index contributed by atoms with van der Waals surface area (Å²) in [6.07, 6.45) is 4.88. The molecule has 1 aromatic heterocycles. The Morgan fingerprint density at radius 3 is 2.79 bits per heavy atom. The summed E-state index contributed by atoms with van der Waals surface area (Å²) >= 11 is 1.74. The van der Waals surface area contributed by atoms with Crippen LogP contribution in [-0.4, -0.2) is 53.7 Å². The smallest absolute Gasteiger partial charge is 0.407 e. The van der Waals surface area contributed by atoms with E-state index in [1.165, 1.54) is 17.8 Å². The van der Waals surface area contributed by atoms with Crippen LogP contribution in [0.3, 0.4) is 0 Å². The van der Waals surface area contributed by atoms with Crippen LogP contribution in [-0.2, 0) is 22.5 Å². The number of piperidine rings is 1. The number of likely N-dealkylation sites (tertiary alicyclic amines) is 1. The Bertz CT molecular complexity index is 657. The number of alkyl carbamates (subject to hydrolysis) is 1. The lowest BCUT2D eigenvalue weighted by Crippen LogP contribution is -2.44. The lowest BCUT2D eigenvalue weighted by Gasteiger charge is -2.31. The van der Waals surface area contributed by atoms with Crippen LogP contribution < -0.4 is 10.6 Å². The first-order valence-corrected chi connectivity index (χ1v) is 11.5. The molecule has 29 heavy (non-hydrogen) atoms. The van der Waals surface area contributed by atoms with Crippen LogP contribution in [0.2, 0.25) is 0 Å². The molecule has 0 spiro atoms. The number of hydrogen-bond acceptors (Lipinski definition) is 6. The predicted octanol–water partition coefficient (Wildman–Crippen LogP) is 3.34. The Labute approximate surface area is 178 Å². The number of nitrogens with zero attached hydrogens (tertiary/aromatic N) is 2. The average molecular weight is 425 g/mol. The number of ether oxygens (including phenoxy) is 1. The molecular formula is C21H36N4O3S. The number of carbonyl (C=O) groups is 2. The van der Waals surface area contributed by atoms with Gasteiger partial charge in [-0.15, -0.1) is 11.3 Å². The van der Waals surface area contributed by atoms with Crippen molar-refractivity contribution < 1.29 is 14.3 Å². The van der Waals surface area contributed by atoms with Crippen LogP contribution in [0.15, 0.2) is 5.38 Å². The fourth-order valence-electron chi connectivity index (χ4n) is 3.32. The van der Waals surface area contributed by atoms with Crippen LogP contribution in [0.5, 0.6) is 0 Å². The lowest BCUT2D eigenvalue weighted by molar-refractivity contribution is -0.126. The summed E-state index contributed by atoms with van der Waals surface area (Å²) in [4.78, 5) is 31.2. The number of amides is 2. The van der Waals surface area contributed by atoms with Crippen molar-refractivity contribution >= 4 is 23.3 Å². The maximum absolute atomic E-state index is 12.5. The third-order valence-corrected chi connectivity index (χ3v) is 5.66. The van der Waals surface area contributed by atoms with Crippen molar-refractivity contribution in [2.45, 2.75) is 71.9 Å². The zero-order chi connectivity index (χ0) is 21.3. The Balaban J connectivity index is 1.69. The van der Waals surface area contributed by atoms with Crippen molar-refractivity contribution in [2.24, 2.45) is 5.92 Å². The minimum absolute atomic E-state index is 0.0107. The second-order valence-electron chi connectivity index (χ2n) is 8.63. The summed E-state index contributed by atoms with van der Waals surface area (Å²) in [7, 11) is 0. The zero-order valence-corrected chi connectivity index (χ0v) is 19.1. The lowest BCUT2D eigenvalue weighted by atomic mass is 9.97. The van der Waals surface area contributed by atoms with E-state index < -0.39 is 11.7 Å². The summed E-state index contributed by atoms with van der Waals surface area (Å²) in [5.41, 5.74) is 0.594. The minimum Gasteiger partial charge on any atom is -0.444 e. The Morgan fingerprint density at radius 2 is 2.07 bits per heavy atom. The van der Waals surface area contributed by atoms with E-state index in [9.17, 15) is 9.59 Å². The van der Waals surface area contributed by atoms with E-state index in [0.29, 0.717) is 13.1 Å². The number of unbranched alkanes of at least 4 members (excludes halogenated alkanes) is 1. The van der Waals surface area contributed by atoms with Crippen molar-refractivity contribution in [3.8, 4) is 0 Å². The third kappa shape index (κ3) is 9.12. The molecule has 8 heteroatoms. The summed E-state index contributed by atoms with van der Waals surface area (Å²) in [6.45, 7) is 11.0. The van der Waals surface area contributed by atoms with Crippen molar-refractivity contribution in [2.75, 3.05) is 26.2 Å². The Kier molecular flexibility index (Phi) is 9.36. The first-order chi connectivity index (χ1) is 13.8. The molecule has 1 saturated heterocycles. The van der Waals surface area contributed by atoms with Gasteiger partial charge in [0.25, 0.3) is 0 Å². The number of aromatic nitrogens is 1. The molecule has 164 valence electrons. The van der Waals surface area contributed by atoms with E-state index in [1.807, 2.05) is 20.8 Å². The van der Waals surface area contributed by atoms with Gasteiger partial charge >= 0.3 is 6.09 Å². The summed E-state index contributed by atoms with van der Waals surface area (Å²) in [5.74, 6) is 0.0473. The fourth-order valence-corrected chi connectivity index (χ4v) is 4.15. The molecule has 1 aromatic rings. The molecule has 0 aliphatic carbocycles. The van der Waals surface area contributed by atoms with Gasteiger partial charge in [0.05, 0.1) is 16.6 Å². The minimum atomic E-state index is -0.521. The van der Waals surface area contributed by atoms with E-state index >= 15 is 0 Å². The molecule has 2 heterocycles. The standard InChI is InChI=1S/C21H36N4O3S/c1-5-6-9-18-24-17(15-29-18)14-25-12-7-8-16(13-25)19(26)22-10-11-23-20(27)28-21(2,3)4/h15-16H,5-14H2,1-4H3,(H,22,26)(H,23,27). The van der Waals surface area contributed by atoms with Crippen molar-refractivity contribution in [1.29, 1.82) is 0 Å². The molecule has 1 unspecified atom stereocenters. The van der Waals surface area contributed by atoms with Crippen molar-refractivity contribution in [3.05, 3.63) is 16.1 Å². The van der Waals surface area contributed by atoms with Gasteiger partial charge < -0.3 is 15.4 Å². The molecule has 1 aliphatic rings. The highest BCUT2D eigenvalue weighted by Gasteiger charge is 2.26. The SMILES string of the molecule is CCCCc1nc(CN2CCCC(C(=O)NCCNC(=O)OC(C)(C)C)C2)cs1. The van der Waals surface area contributed by atoms with Gasteiger partial charge in [-0.05, 0) is 53.0 Å². The topological polar surface area (TPSA) is 83.6 Å². The second kappa shape index (κ2) is 11.5. The Hall–Kier alpha value is -1.67. The number of hydrogen-bond donors (Lipinski definition) is 2. The summed E-state index contributed by atoms with van der Waals surface area (Å²) in [5, 5.41) is 8.96. The highest BCUT2D eigenvalue weighted by atomic mass is 32.1. The van der Waals surface area contributed by atoms with Gasteiger partial charge in [0.2, 0.25) is 5.91 Å². The molecule has 2 rings (SSSR count). The predicted molar refractivity (Wildman–Crippen MR) is 116 cm³/mol. The number of aryl methyl sites for hydroxylation is 1. The molecule has 0 bridgehead atoms. The number of nitrogens with one attached hydrogen (secondary N) is 2. The Morgan fingerprint density at radius 1 is 1.31 bits per heavy atom. The van der Waals surface area contributed by atoms with Gasteiger partial charge in [-0.3, -0.25) is 9.69 Å². The van der Waals surface area contributed by atoms with Crippen molar-refractivity contribution in [3.63, 3.8) is 0 Å². The maximum atomic E-state index is 12.5. The molecule has 1 fully saturated rings. The van der Waals surface area contributed by atoms with E-state index in [-0.39, 0.29) is 11.8 Å². The summed E-state index contributed by atoms with van der Waals surface area (Å²) < 4.78 is 5.18. The largest absolute Gasteiger partial charge is 0.444 e. The molecule has 0 saturated carbocycles.